The third-order valence-electron chi connectivity index (χ3n) is 4.69. The van der Waals surface area contributed by atoms with Crippen LogP contribution in [0.25, 0.3) is 10.6 Å². The van der Waals surface area contributed by atoms with E-state index in [1.807, 2.05) is 42.5 Å². The van der Waals surface area contributed by atoms with Gasteiger partial charge in [0.25, 0.3) is 5.91 Å². The van der Waals surface area contributed by atoms with Gasteiger partial charge in [-0.3, -0.25) is 9.59 Å². The van der Waals surface area contributed by atoms with Crippen molar-refractivity contribution < 1.29 is 14.3 Å². The largest absolute Gasteiger partial charge is 0.496 e. The van der Waals surface area contributed by atoms with Crippen LogP contribution in [0.4, 0.5) is 11.4 Å². The summed E-state index contributed by atoms with van der Waals surface area (Å²) in [4.78, 5) is 30.5. The number of methoxy groups -OCH3 is 1. The lowest BCUT2D eigenvalue weighted by molar-refractivity contribution is -0.116. The highest BCUT2D eigenvalue weighted by atomic mass is 32.1. The molecule has 0 saturated heterocycles. The standard InChI is InChI=1S/C21H19N3O3S/c1-13(25)24-10-9-14-11-15(7-8-18(14)24)22-20(26)17-12-28-21(23-17)16-5-3-4-6-19(16)27-2/h3-8,11-12H,9-10H2,1-2H3,(H,22,26). The summed E-state index contributed by atoms with van der Waals surface area (Å²) in [6, 6.07) is 13.2. The smallest absolute Gasteiger partial charge is 0.275 e. The monoisotopic (exact) mass is 393 g/mol. The van der Waals surface area contributed by atoms with Gasteiger partial charge in [0, 0.05) is 30.2 Å². The fourth-order valence-corrected chi connectivity index (χ4v) is 4.15. The van der Waals surface area contributed by atoms with Crippen LogP contribution in [0.15, 0.2) is 47.8 Å². The van der Waals surface area contributed by atoms with Gasteiger partial charge in [-0.15, -0.1) is 11.3 Å². The number of benzene rings is 2. The van der Waals surface area contributed by atoms with Crippen LogP contribution in [0.5, 0.6) is 5.75 Å². The summed E-state index contributed by atoms with van der Waals surface area (Å²) < 4.78 is 5.37. The van der Waals surface area contributed by atoms with E-state index in [0.717, 1.165) is 34.0 Å². The van der Waals surface area contributed by atoms with E-state index in [9.17, 15) is 9.59 Å². The molecule has 142 valence electrons. The predicted molar refractivity (Wildman–Crippen MR) is 110 cm³/mol. The molecule has 0 radical (unpaired) electrons. The molecule has 0 aliphatic carbocycles. The molecule has 7 heteroatoms. The fraction of sp³-hybridized carbons (Fsp3) is 0.190. The van der Waals surface area contributed by atoms with E-state index in [2.05, 4.69) is 10.3 Å². The van der Waals surface area contributed by atoms with Crippen molar-refractivity contribution in [1.29, 1.82) is 0 Å². The number of hydrogen-bond donors (Lipinski definition) is 1. The Morgan fingerprint density at radius 3 is 2.82 bits per heavy atom. The fourth-order valence-electron chi connectivity index (χ4n) is 3.32. The first-order chi connectivity index (χ1) is 13.6. The quantitative estimate of drug-likeness (QED) is 0.728. The molecule has 0 atom stereocenters. The molecule has 0 spiro atoms. The van der Waals surface area contributed by atoms with Crippen molar-refractivity contribution in [2.75, 3.05) is 23.9 Å². The molecule has 1 aliphatic rings. The molecule has 2 heterocycles. The number of thiazole rings is 1. The number of ether oxygens (including phenoxy) is 1. The summed E-state index contributed by atoms with van der Waals surface area (Å²) in [5.74, 6) is 0.484. The number of anilines is 2. The molecule has 1 aliphatic heterocycles. The van der Waals surface area contributed by atoms with E-state index in [1.54, 1.807) is 24.3 Å². The zero-order chi connectivity index (χ0) is 19.7. The van der Waals surface area contributed by atoms with E-state index < -0.39 is 0 Å². The second kappa shape index (κ2) is 7.44. The number of nitrogens with zero attached hydrogens (tertiary/aromatic N) is 2. The Bertz CT molecular complexity index is 1060. The van der Waals surface area contributed by atoms with Crippen LogP contribution in [0.1, 0.15) is 23.0 Å². The number of hydrogen-bond acceptors (Lipinski definition) is 5. The number of amides is 2. The van der Waals surface area contributed by atoms with Gasteiger partial charge in [0.2, 0.25) is 5.91 Å². The normalized spacial score (nSPS) is 12.6. The third kappa shape index (κ3) is 3.36. The maximum absolute atomic E-state index is 12.6. The van der Waals surface area contributed by atoms with Gasteiger partial charge >= 0.3 is 0 Å². The lowest BCUT2D eigenvalue weighted by atomic mass is 10.1. The molecule has 4 rings (SSSR count). The molecule has 2 aromatic carbocycles. The van der Waals surface area contributed by atoms with Crippen LogP contribution < -0.4 is 15.0 Å². The number of fused-ring (bicyclic) bond motifs is 1. The van der Waals surface area contributed by atoms with Crippen LogP contribution in [0.2, 0.25) is 0 Å². The van der Waals surface area contributed by atoms with Crippen LogP contribution in [-0.4, -0.2) is 30.5 Å². The Kier molecular flexibility index (Phi) is 4.83. The van der Waals surface area contributed by atoms with Crippen molar-refractivity contribution in [2.45, 2.75) is 13.3 Å². The zero-order valence-electron chi connectivity index (χ0n) is 15.6. The van der Waals surface area contributed by atoms with E-state index >= 15 is 0 Å². The molecule has 3 aromatic rings. The maximum atomic E-state index is 12.6. The van der Waals surface area contributed by atoms with Gasteiger partial charge in [0.1, 0.15) is 16.5 Å². The third-order valence-corrected chi connectivity index (χ3v) is 5.56. The van der Waals surface area contributed by atoms with E-state index in [1.165, 1.54) is 11.3 Å². The number of rotatable bonds is 4. The van der Waals surface area contributed by atoms with Gasteiger partial charge in [-0.25, -0.2) is 4.98 Å². The highest BCUT2D eigenvalue weighted by Gasteiger charge is 2.22. The molecular formula is C21H19N3O3S. The molecule has 1 N–H and O–H groups in total. The molecule has 0 fully saturated rings. The van der Waals surface area contributed by atoms with Crippen LogP contribution in [0.3, 0.4) is 0 Å². The SMILES string of the molecule is COc1ccccc1-c1nc(C(=O)Nc2ccc3c(c2)CCN3C(C)=O)cs1. The minimum Gasteiger partial charge on any atom is -0.496 e. The second-order valence-corrected chi connectivity index (χ2v) is 7.31. The Morgan fingerprint density at radius 2 is 2.04 bits per heavy atom. The summed E-state index contributed by atoms with van der Waals surface area (Å²) in [6.07, 6.45) is 0.785. The molecule has 6 nitrogen and oxygen atoms in total. The Hall–Kier alpha value is -3.19. The molecule has 1 aromatic heterocycles. The van der Waals surface area contributed by atoms with Gasteiger partial charge in [0.15, 0.2) is 0 Å². The molecule has 28 heavy (non-hydrogen) atoms. The minimum atomic E-state index is -0.265. The summed E-state index contributed by atoms with van der Waals surface area (Å²) in [7, 11) is 1.61. The molecule has 0 saturated carbocycles. The van der Waals surface area contributed by atoms with Gasteiger partial charge in [-0.05, 0) is 42.3 Å². The van der Waals surface area contributed by atoms with Crippen molar-refractivity contribution in [3.05, 3.63) is 59.1 Å². The van der Waals surface area contributed by atoms with Crippen molar-refractivity contribution >= 4 is 34.5 Å². The van der Waals surface area contributed by atoms with Crippen molar-refractivity contribution in [1.82, 2.24) is 4.98 Å². The Morgan fingerprint density at radius 1 is 1.21 bits per heavy atom. The maximum Gasteiger partial charge on any atom is 0.275 e. The number of carbonyl (C=O) groups excluding carboxylic acids is 2. The van der Waals surface area contributed by atoms with Crippen LogP contribution >= 0.6 is 11.3 Å². The number of para-hydroxylation sites is 1. The predicted octanol–water partition coefficient (Wildman–Crippen LogP) is 3.98. The molecule has 2 amide bonds. The molecular weight excluding hydrogens is 374 g/mol. The number of aromatic nitrogens is 1. The first-order valence-corrected chi connectivity index (χ1v) is 9.76. The Balaban J connectivity index is 1.52. The van der Waals surface area contributed by atoms with Gasteiger partial charge in [-0.1, -0.05) is 12.1 Å². The minimum absolute atomic E-state index is 0.0295. The highest BCUT2D eigenvalue weighted by Crippen LogP contribution is 2.33. The van der Waals surface area contributed by atoms with Gasteiger partial charge in [0.05, 0.1) is 12.7 Å². The van der Waals surface area contributed by atoms with E-state index in [4.69, 9.17) is 4.74 Å². The summed E-state index contributed by atoms with van der Waals surface area (Å²) in [5, 5.41) is 5.36. The number of nitrogens with one attached hydrogen (secondary N) is 1. The van der Waals surface area contributed by atoms with Gasteiger partial charge < -0.3 is 15.0 Å². The highest BCUT2D eigenvalue weighted by molar-refractivity contribution is 7.13. The lowest BCUT2D eigenvalue weighted by Crippen LogP contribution is -2.25. The lowest BCUT2D eigenvalue weighted by Gasteiger charge is -2.15. The van der Waals surface area contributed by atoms with Crippen LogP contribution in [0, 0.1) is 0 Å². The summed E-state index contributed by atoms with van der Waals surface area (Å²) in [6.45, 7) is 2.24. The summed E-state index contributed by atoms with van der Waals surface area (Å²) in [5.41, 5.74) is 3.88. The van der Waals surface area contributed by atoms with Crippen molar-refractivity contribution in [2.24, 2.45) is 0 Å². The average Bonchev–Trinajstić information content (AvgIpc) is 3.35. The van der Waals surface area contributed by atoms with Crippen LogP contribution in [-0.2, 0) is 11.2 Å². The second-order valence-electron chi connectivity index (χ2n) is 6.46. The van der Waals surface area contributed by atoms with Crippen molar-refractivity contribution in [3.8, 4) is 16.3 Å². The van der Waals surface area contributed by atoms with E-state index in [0.29, 0.717) is 17.9 Å². The molecule has 0 bridgehead atoms. The first kappa shape index (κ1) is 18.2. The van der Waals surface area contributed by atoms with Crippen molar-refractivity contribution in [3.63, 3.8) is 0 Å². The van der Waals surface area contributed by atoms with E-state index in [-0.39, 0.29) is 11.8 Å². The first-order valence-electron chi connectivity index (χ1n) is 8.88. The van der Waals surface area contributed by atoms with Gasteiger partial charge in [-0.2, -0.15) is 0 Å². The summed E-state index contributed by atoms with van der Waals surface area (Å²) >= 11 is 1.40. The zero-order valence-corrected chi connectivity index (χ0v) is 16.4. The average molecular weight is 393 g/mol. The number of carbonyl (C=O) groups is 2. The molecule has 0 unspecified atom stereocenters. The topological polar surface area (TPSA) is 71.5 Å². The Labute approximate surface area is 166 Å².